The van der Waals surface area contributed by atoms with Crippen molar-refractivity contribution in [2.24, 2.45) is 0 Å². The van der Waals surface area contributed by atoms with E-state index in [0.29, 0.717) is 35.7 Å². The maximum absolute atomic E-state index is 14.0. The summed E-state index contributed by atoms with van der Waals surface area (Å²) in [5.41, 5.74) is 4.10. The van der Waals surface area contributed by atoms with Gasteiger partial charge in [0.1, 0.15) is 18.2 Å². The lowest BCUT2D eigenvalue weighted by atomic mass is 10.1. The molecule has 0 spiro atoms. The minimum Gasteiger partial charge on any atom is -0.488 e. The fourth-order valence-corrected chi connectivity index (χ4v) is 3.88. The Bertz CT molecular complexity index is 1290. The summed E-state index contributed by atoms with van der Waals surface area (Å²) in [7, 11) is 0. The van der Waals surface area contributed by atoms with E-state index in [9.17, 15) is 9.18 Å². The summed E-state index contributed by atoms with van der Waals surface area (Å²) in [6.07, 6.45) is 0. The van der Waals surface area contributed by atoms with Gasteiger partial charge in [0.05, 0.1) is 28.1 Å². The van der Waals surface area contributed by atoms with Crippen molar-refractivity contribution in [2.45, 2.75) is 27.0 Å². The standard InChI is InChI=1S/C26H23BrFN3O2/c1-17-25(18(2)31(30-17)15-21-7-3-5-9-23(21)28)29-26(32)20-13-11-19(12-14-20)16-33-24-10-6-4-8-22(24)27/h3-14H,15-16H2,1-2H3,(H,29,32). The molecule has 4 aromatic rings. The zero-order chi connectivity index (χ0) is 23.4. The van der Waals surface area contributed by atoms with Gasteiger partial charge in [-0.1, -0.05) is 42.5 Å². The minimum atomic E-state index is -0.278. The summed E-state index contributed by atoms with van der Waals surface area (Å²) < 4.78 is 22.4. The molecule has 0 unspecified atom stereocenters. The Hall–Kier alpha value is -3.45. The van der Waals surface area contributed by atoms with Gasteiger partial charge in [-0.15, -0.1) is 0 Å². The van der Waals surface area contributed by atoms with Crippen LogP contribution in [0.4, 0.5) is 10.1 Å². The van der Waals surface area contributed by atoms with Crippen LogP contribution in [0.15, 0.2) is 77.3 Å². The first-order valence-corrected chi connectivity index (χ1v) is 11.3. The van der Waals surface area contributed by atoms with E-state index < -0.39 is 0 Å². The van der Waals surface area contributed by atoms with Crippen molar-refractivity contribution < 1.29 is 13.9 Å². The molecule has 0 saturated carbocycles. The smallest absolute Gasteiger partial charge is 0.255 e. The Labute approximate surface area is 200 Å². The van der Waals surface area contributed by atoms with Gasteiger partial charge in [0, 0.05) is 11.1 Å². The van der Waals surface area contributed by atoms with Crippen molar-refractivity contribution >= 4 is 27.5 Å². The van der Waals surface area contributed by atoms with E-state index in [4.69, 9.17) is 4.74 Å². The van der Waals surface area contributed by atoms with Crippen molar-refractivity contribution in [1.82, 2.24) is 9.78 Å². The molecule has 0 bridgehead atoms. The lowest BCUT2D eigenvalue weighted by molar-refractivity contribution is 0.102. The van der Waals surface area contributed by atoms with Gasteiger partial charge < -0.3 is 10.1 Å². The first-order valence-electron chi connectivity index (χ1n) is 10.5. The van der Waals surface area contributed by atoms with Crippen LogP contribution >= 0.6 is 15.9 Å². The number of hydrogen-bond donors (Lipinski definition) is 1. The number of aromatic nitrogens is 2. The van der Waals surface area contributed by atoms with E-state index in [1.54, 1.807) is 35.0 Å². The first-order chi connectivity index (χ1) is 15.9. The van der Waals surface area contributed by atoms with E-state index in [2.05, 4.69) is 26.3 Å². The predicted molar refractivity (Wildman–Crippen MR) is 130 cm³/mol. The van der Waals surface area contributed by atoms with Crippen LogP contribution in [-0.2, 0) is 13.2 Å². The van der Waals surface area contributed by atoms with Gasteiger partial charge >= 0.3 is 0 Å². The highest BCUT2D eigenvalue weighted by molar-refractivity contribution is 9.10. The molecule has 0 radical (unpaired) electrons. The van der Waals surface area contributed by atoms with Crippen LogP contribution in [0.25, 0.3) is 0 Å². The van der Waals surface area contributed by atoms with Gasteiger partial charge in [-0.3, -0.25) is 9.48 Å². The largest absolute Gasteiger partial charge is 0.488 e. The second-order valence-electron chi connectivity index (χ2n) is 7.67. The molecule has 3 aromatic carbocycles. The summed E-state index contributed by atoms with van der Waals surface area (Å²) in [6.45, 7) is 4.37. The molecule has 168 valence electrons. The number of amides is 1. The van der Waals surface area contributed by atoms with Crippen molar-refractivity contribution in [3.8, 4) is 5.75 Å². The van der Waals surface area contributed by atoms with E-state index in [1.165, 1.54) is 6.07 Å². The zero-order valence-corrected chi connectivity index (χ0v) is 19.9. The number of benzene rings is 3. The summed E-state index contributed by atoms with van der Waals surface area (Å²) in [6, 6.07) is 21.5. The summed E-state index contributed by atoms with van der Waals surface area (Å²) in [5, 5.41) is 7.43. The molecule has 33 heavy (non-hydrogen) atoms. The third kappa shape index (κ3) is 5.31. The lowest BCUT2D eigenvalue weighted by Gasteiger charge is -2.10. The number of anilines is 1. The average molecular weight is 508 g/mol. The van der Waals surface area contributed by atoms with Crippen LogP contribution in [-0.4, -0.2) is 15.7 Å². The number of hydrogen-bond acceptors (Lipinski definition) is 3. The first kappa shape index (κ1) is 22.7. The molecular weight excluding hydrogens is 485 g/mol. The number of para-hydroxylation sites is 1. The van der Waals surface area contributed by atoms with E-state index in [-0.39, 0.29) is 11.7 Å². The molecule has 1 heterocycles. The maximum Gasteiger partial charge on any atom is 0.255 e. The van der Waals surface area contributed by atoms with Crippen molar-refractivity contribution in [1.29, 1.82) is 0 Å². The number of ether oxygens (including phenoxy) is 1. The molecule has 1 N–H and O–H groups in total. The normalized spacial score (nSPS) is 10.8. The van der Waals surface area contributed by atoms with Gasteiger partial charge in [0.2, 0.25) is 0 Å². The molecule has 0 aliphatic carbocycles. The molecule has 1 aromatic heterocycles. The monoisotopic (exact) mass is 507 g/mol. The molecule has 0 fully saturated rings. The van der Waals surface area contributed by atoms with Crippen LogP contribution in [0.2, 0.25) is 0 Å². The van der Waals surface area contributed by atoms with Gasteiger partial charge in [0.25, 0.3) is 5.91 Å². The average Bonchev–Trinajstić information content (AvgIpc) is 3.07. The number of halogens is 2. The second-order valence-corrected chi connectivity index (χ2v) is 8.52. The van der Waals surface area contributed by atoms with Crippen molar-refractivity contribution in [2.75, 3.05) is 5.32 Å². The number of rotatable bonds is 7. The Morgan fingerprint density at radius 1 is 1.03 bits per heavy atom. The molecule has 0 aliphatic heterocycles. The Kier molecular flexibility index (Phi) is 6.89. The fourth-order valence-electron chi connectivity index (χ4n) is 3.48. The van der Waals surface area contributed by atoms with Crippen LogP contribution in [0.3, 0.4) is 0 Å². The quantitative estimate of drug-likeness (QED) is 0.320. The number of carbonyl (C=O) groups excluding carboxylic acids is 1. The maximum atomic E-state index is 14.0. The topological polar surface area (TPSA) is 56.2 Å². The van der Waals surface area contributed by atoms with Crippen molar-refractivity contribution in [3.05, 3.63) is 111 Å². The second kappa shape index (κ2) is 10.0. The van der Waals surface area contributed by atoms with Gasteiger partial charge in [-0.2, -0.15) is 5.10 Å². The Morgan fingerprint density at radius 2 is 1.73 bits per heavy atom. The van der Waals surface area contributed by atoms with E-state index in [1.807, 2.05) is 50.2 Å². The van der Waals surface area contributed by atoms with Crippen LogP contribution in [0, 0.1) is 19.7 Å². The SMILES string of the molecule is Cc1nn(Cc2ccccc2F)c(C)c1NC(=O)c1ccc(COc2ccccc2Br)cc1. The lowest BCUT2D eigenvalue weighted by Crippen LogP contribution is -2.13. The molecule has 0 atom stereocenters. The molecule has 5 nitrogen and oxygen atoms in total. The van der Waals surface area contributed by atoms with E-state index in [0.717, 1.165) is 21.5 Å². The number of carbonyl (C=O) groups is 1. The Balaban J connectivity index is 1.42. The molecule has 7 heteroatoms. The highest BCUT2D eigenvalue weighted by Crippen LogP contribution is 2.25. The molecule has 0 aliphatic rings. The van der Waals surface area contributed by atoms with Gasteiger partial charge in [-0.25, -0.2) is 4.39 Å². The highest BCUT2D eigenvalue weighted by atomic mass is 79.9. The minimum absolute atomic E-state index is 0.232. The number of nitrogens with one attached hydrogen (secondary N) is 1. The molecule has 1 amide bonds. The van der Waals surface area contributed by atoms with E-state index >= 15 is 0 Å². The van der Waals surface area contributed by atoms with Crippen molar-refractivity contribution in [3.63, 3.8) is 0 Å². The molecule has 0 saturated heterocycles. The van der Waals surface area contributed by atoms with Crippen LogP contribution in [0.5, 0.6) is 5.75 Å². The van der Waals surface area contributed by atoms with Gasteiger partial charge in [-0.05, 0) is 65.7 Å². The summed E-state index contributed by atoms with van der Waals surface area (Å²) in [4.78, 5) is 12.8. The third-order valence-corrected chi connectivity index (χ3v) is 6.00. The molecular formula is C26H23BrFN3O2. The van der Waals surface area contributed by atoms with Crippen LogP contribution < -0.4 is 10.1 Å². The summed E-state index contributed by atoms with van der Waals surface area (Å²) in [5.74, 6) is 0.252. The summed E-state index contributed by atoms with van der Waals surface area (Å²) >= 11 is 3.46. The number of nitrogens with zero attached hydrogens (tertiary/aromatic N) is 2. The van der Waals surface area contributed by atoms with Gasteiger partial charge in [0.15, 0.2) is 0 Å². The Morgan fingerprint density at radius 3 is 2.45 bits per heavy atom. The highest BCUT2D eigenvalue weighted by Gasteiger charge is 2.16. The van der Waals surface area contributed by atoms with Crippen LogP contribution in [0.1, 0.15) is 32.9 Å². The predicted octanol–water partition coefficient (Wildman–Crippen LogP) is 6.28. The number of aryl methyl sites for hydroxylation is 1. The third-order valence-electron chi connectivity index (χ3n) is 5.35. The molecule has 4 rings (SSSR count). The fraction of sp³-hybridized carbons (Fsp3) is 0.154. The zero-order valence-electron chi connectivity index (χ0n) is 18.3.